The molecule has 1 heterocycles. The highest BCUT2D eigenvalue weighted by Crippen LogP contribution is 2.28. The Labute approximate surface area is 130 Å². The van der Waals surface area contributed by atoms with Crippen LogP contribution in [0.2, 0.25) is 0 Å². The molecule has 118 valence electrons. The topological polar surface area (TPSA) is 46.3 Å². The van der Waals surface area contributed by atoms with E-state index in [1.54, 1.807) is 0 Å². The minimum Gasteiger partial charge on any atom is -0.340 e. The van der Waals surface area contributed by atoms with Crippen LogP contribution in [0.25, 0.3) is 0 Å². The zero-order valence-electron chi connectivity index (χ0n) is 12.9. The second-order valence-electron chi connectivity index (χ2n) is 6.44. The molecule has 0 aromatic heterocycles. The van der Waals surface area contributed by atoms with Crippen molar-refractivity contribution in [2.45, 2.75) is 83.2 Å². The van der Waals surface area contributed by atoms with E-state index in [1.807, 2.05) is 0 Å². The van der Waals surface area contributed by atoms with E-state index in [0.29, 0.717) is 24.3 Å². The van der Waals surface area contributed by atoms with E-state index in [4.69, 9.17) is 5.73 Å². The van der Waals surface area contributed by atoms with Gasteiger partial charge >= 0.3 is 0 Å². The Morgan fingerprint density at radius 3 is 2.55 bits per heavy atom. The molecule has 1 aliphatic carbocycles. The van der Waals surface area contributed by atoms with Gasteiger partial charge in [-0.2, -0.15) is 0 Å². The van der Waals surface area contributed by atoms with Crippen LogP contribution in [0.4, 0.5) is 0 Å². The maximum absolute atomic E-state index is 12.6. The second kappa shape index (κ2) is 8.89. The van der Waals surface area contributed by atoms with Crippen LogP contribution in [0.15, 0.2) is 0 Å². The molecule has 0 aromatic rings. The maximum Gasteiger partial charge on any atom is 0.223 e. The SMILES string of the molecule is CCCC1CCCCN1C(=O)CC1CCCCC1N.Cl. The molecule has 1 saturated carbocycles. The van der Waals surface area contributed by atoms with Crippen molar-refractivity contribution in [2.75, 3.05) is 6.54 Å². The number of halogens is 1. The first-order valence-electron chi connectivity index (χ1n) is 8.27. The number of carbonyl (C=O) groups excluding carboxylic acids is 1. The lowest BCUT2D eigenvalue weighted by Gasteiger charge is -2.38. The molecule has 2 aliphatic rings. The Bertz CT molecular complexity index is 296. The van der Waals surface area contributed by atoms with Crippen molar-refractivity contribution in [1.29, 1.82) is 0 Å². The monoisotopic (exact) mass is 302 g/mol. The van der Waals surface area contributed by atoms with Crippen LogP contribution >= 0.6 is 12.4 Å². The fraction of sp³-hybridized carbons (Fsp3) is 0.938. The highest BCUT2D eigenvalue weighted by atomic mass is 35.5. The Morgan fingerprint density at radius 2 is 1.85 bits per heavy atom. The summed E-state index contributed by atoms with van der Waals surface area (Å²) in [6.07, 6.45) is 11.5. The van der Waals surface area contributed by atoms with Gasteiger partial charge in [-0.15, -0.1) is 12.4 Å². The van der Waals surface area contributed by atoms with E-state index in [1.165, 1.54) is 44.9 Å². The summed E-state index contributed by atoms with van der Waals surface area (Å²) in [6, 6.07) is 0.762. The van der Waals surface area contributed by atoms with Gasteiger partial charge in [0, 0.05) is 25.0 Å². The van der Waals surface area contributed by atoms with E-state index in [0.717, 1.165) is 19.4 Å². The van der Waals surface area contributed by atoms with Gasteiger partial charge in [-0.25, -0.2) is 0 Å². The first-order chi connectivity index (χ1) is 9.22. The predicted octanol–water partition coefficient (Wildman–Crippen LogP) is 3.50. The minimum atomic E-state index is 0. The summed E-state index contributed by atoms with van der Waals surface area (Å²) in [4.78, 5) is 14.7. The fourth-order valence-corrected chi connectivity index (χ4v) is 3.79. The Kier molecular flexibility index (Phi) is 7.90. The molecular formula is C16H31ClN2O. The van der Waals surface area contributed by atoms with Crippen LogP contribution in [0.3, 0.4) is 0 Å². The molecule has 3 unspecified atom stereocenters. The smallest absolute Gasteiger partial charge is 0.223 e. The van der Waals surface area contributed by atoms with Gasteiger partial charge in [-0.3, -0.25) is 4.79 Å². The van der Waals surface area contributed by atoms with Crippen molar-refractivity contribution in [3.8, 4) is 0 Å². The number of amides is 1. The quantitative estimate of drug-likeness (QED) is 0.864. The summed E-state index contributed by atoms with van der Waals surface area (Å²) in [7, 11) is 0. The highest BCUT2D eigenvalue weighted by molar-refractivity contribution is 5.85. The molecule has 0 radical (unpaired) electrons. The van der Waals surface area contributed by atoms with Crippen molar-refractivity contribution in [3.63, 3.8) is 0 Å². The number of carbonyl (C=O) groups is 1. The van der Waals surface area contributed by atoms with Crippen LogP contribution in [-0.2, 0) is 4.79 Å². The minimum absolute atomic E-state index is 0. The lowest BCUT2D eigenvalue weighted by molar-refractivity contribution is -0.136. The summed E-state index contributed by atoms with van der Waals surface area (Å²) in [5.41, 5.74) is 6.18. The largest absolute Gasteiger partial charge is 0.340 e. The first-order valence-corrected chi connectivity index (χ1v) is 8.27. The molecule has 2 N–H and O–H groups in total. The molecule has 0 bridgehead atoms. The third-order valence-electron chi connectivity index (χ3n) is 4.97. The average Bonchev–Trinajstić information content (AvgIpc) is 2.42. The van der Waals surface area contributed by atoms with E-state index in [9.17, 15) is 4.79 Å². The lowest BCUT2D eigenvalue weighted by Crippen LogP contribution is -2.46. The van der Waals surface area contributed by atoms with Gasteiger partial charge < -0.3 is 10.6 Å². The molecule has 0 aromatic carbocycles. The highest BCUT2D eigenvalue weighted by Gasteiger charge is 2.30. The summed E-state index contributed by atoms with van der Waals surface area (Å²) >= 11 is 0. The number of nitrogens with zero attached hydrogens (tertiary/aromatic N) is 1. The van der Waals surface area contributed by atoms with Gasteiger partial charge in [0.05, 0.1) is 0 Å². The van der Waals surface area contributed by atoms with Crippen LogP contribution in [-0.4, -0.2) is 29.4 Å². The third-order valence-corrected chi connectivity index (χ3v) is 4.97. The Balaban J connectivity index is 0.00000200. The molecule has 1 aliphatic heterocycles. The van der Waals surface area contributed by atoms with Gasteiger partial charge in [-0.05, 0) is 44.4 Å². The first kappa shape index (κ1) is 17.8. The molecule has 1 amide bonds. The molecule has 3 atom stereocenters. The van der Waals surface area contributed by atoms with Gasteiger partial charge in [-0.1, -0.05) is 26.2 Å². The van der Waals surface area contributed by atoms with E-state index in [-0.39, 0.29) is 18.4 Å². The number of nitrogens with two attached hydrogens (primary N) is 1. The second-order valence-corrected chi connectivity index (χ2v) is 6.44. The van der Waals surface area contributed by atoms with Gasteiger partial charge in [0.25, 0.3) is 0 Å². The molecule has 1 saturated heterocycles. The summed E-state index contributed by atoms with van der Waals surface area (Å²) in [5, 5.41) is 0. The van der Waals surface area contributed by atoms with E-state index < -0.39 is 0 Å². The number of hydrogen-bond acceptors (Lipinski definition) is 2. The number of piperidine rings is 1. The number of hydrogen-bond donors (Lipinski definition) is 1. The molecule has 20 heavy (non-hydrogen) atoms. The Morgan fingerprint density at radius 1 is 1.15 bits per heavy atom. The summed E-state index contributed by atoms with van der Waals surface area (Å²) in [5.74, 6) is 0.811. The molecular weight excluding hydrogens is 272 g/mol. The third kappa shape index (κ3) is 4.63. The van der Waals surface area contributed by atoms with E-state index >= 15 is 0 Å². The van der Waals surface area contributed by atoms with Crippen molar-refractivity contribution >= 4 is 18.3 Å². The fourth-order valence-electron chi connectivity index (χ4n) is 3.79. The standard InChI is InChI=1S/C16H30N2O.ClH/c1-2-7-14-9-5-6-11-18(14)16(19)12-13-8-3-4-10-15(13)17;/h13-15H,2-12,17H2,1H3;1H. The van der Waals surface area contributed by atoms with Gasteiger partial charge in [0.1, 0.15) is 0 Å². The molecule has 2 fully saturated rings. The number of likely N-dealkylation sites (tertiary alicyclic amines) is 1. The van der Waals surface area contributed by atoms with Crippen LogP contribution < -0.4 is 5.73 Å². The predicted molar refractivity (Wildman–Crippen MR) is 86.1 cm³/mol. The Hall–Kier alpha value is -0.280. The van der Waals surface area contributed by atoms with Gasteiger partial charge in [0.15, 0.2) is 0 Å². The normalized spacial score (nSPS) is 30.7. The summed E-state index contributed by atoms with van der Waals surface area (Å²) < 4.78 is 0. The lowest BCUT2D eigenvalue weighted by atomic mass is 9.82. The average molecular weight is 303 g/mol. The van der Waals surface area contributed by atoms with Crippen molar-refractivity contribution in [1.82, 2.24) is 4.90 Å². The van der Waals surface area contributed by atoms with Crippen molar-refractivity contribution in [3.05, 3.63) is 0 Å². The zero-order chi connectivity index (χ0) is 13.7. The van der Waals surface area contributed by atoms with Crippen LogP contribution in [0.5, 0.6) is 0 Å². The number of rotatable bonds is 4. The van der Waals surface area contributed by atoms with E-state index in [2.05, 4.69) is 11.8 Å². The van der Waals surface area contributed by atoms with Crippen LogP contribution in [0, 0.1) is 5.92 Å². The molecule has 2 rings (SSSR count). The maximum atomic E-state index is 12.6. The van der Waals surface area contributed by atoms with Gasteiger partial charge in [0.2, 0.25) is 5.91 Å². The summed E-state index contributed by atoms with van der Waals surface area (Å²) in [6.45, 7) is 3.19. The zero-order valence-corrected chi connectivity index (χ0v) is 13.7. The van der Waals surface area contributed by atoms with Crippen molar-refractivity contribution < 1.29 is 4.79 Å². The molecule has 4 heteroatoms. The van der Waals surface area contributed by atoms with Crippen LogP contribution in [0.1, 0.15) is 71.1 Å². The molecule has 3 nitrogen and oxygen atoms in total. The molecule has 0 spiro atoms. The van der Waals surface area contributed by atoms with Crippen molar-refractivity contribution in [2.24, 2.45) is 11.7 Å².